The number of carbonyl (C=O) groups is 2. The third kappa shape index (κ3) is 2.71. The number of rotatable bonds is 3. The van der Waals surface area contributed by atoms with Gasteiger partial charge >= 0.3 is 11.9 Å². The lowest BCUT2D eigenvalue weighted by atomic mass is 10.1. The highest BCUT2D eigenvalue weighted by atomic mass is 16.5. The molecule has 0 atom stereocenters. The zero-order chi connectivity index (χ0) is 15.6. The van der Waals surface area contributed by atoms with Crippen LogP contribution in [0.3, 0.4) is 0 Å². The number of carbonyl (C=O) groups excluding carboxylic acids is 1. The average molecular weight is 288 g/mol. The second-order valence-corrected chi connectivity index (χ2v) is 4.15. The number of carboxylic acids is 1. The van der Waals surface area contributed by atoms with Crippen LogP contribution in [0.2, 0.25) is 0 Å². The highest BCUT2D eigenvalue weighted by Crippen LogP contribution is 2.28. The molecule has 0 unspecified atom stereocenters. The van der Waals surface area contributed by atoms with Crippen molar-refractivity contribution in [3.05, 3.63) is 47.5 Å². The Bertz CT molecular complexity index is 727. The van der Waals surface area contributed by atoms with E-state index in [2.05, 4.69) is 0 Å². The van der Waals surface area contributed by atoms with E-state index in [1.807, 2.05) is 0 Å². The predicted molar refractivity (Wildman–Crippen MR) is 75.3 cm³/mol. The number of phenolic OH excluding ortho intramolecular Hbond substituents is 1. The van der Waals surface area contributed by atoms with Crippen LogP contribution in [0.25, 0.3) is 0 Å². The molecule has 0 amide bonds. The van der Waals surface area contributed by atoms with E-state index in [0.717, 1.165) is 0 Å². The first kappa shape index (κ1) is 14.2. The maximum atomic E-state index is 12.0. The van der Waals surface area contributed by atoms with Crippen LogP contribution in [-0.4, -0.2) is 22.2 Å². The third-order valence-corrected chi connectivity index (χ3v) is 2.80. The summed E-state index contributed by atoms with van der Waals surface area (Å²) in [6.07, 6.45) is 0. The quantitative estimate of drug-likeness (QED) is 0.290. The van der Waals surface area contributed by atoms with Crippen LogP contribution >= 0.6 is 0 Å². The van der Waals surface area contributed by atoms with Gasteiger partial charge < -0.3 is 26.4 Å². The molecule has 108 valence electrons. The molecule has 2 rings (SSSR count). The summed E-state index contributed by atoms with van der Waals surface area (Å²) in [7, 11) is 0. The first-order chi connectivity index (χ1) is 9.91. The van der Waals surface area contributed by atoms with Gasteiger partial charge in [0.15, 0.2) is 5.75 Å². The number of anilines is 2. The largest absolute Gasteiger partial charge is 0.506 e. The van der Waals surface area contributed by atoms with Gasteiger partial charge in [0.25, 0.3) is 0 Å². The number of aromatic carboxylic acids is 1. The summed E-state index contributed by atoms with van der Waals surface area (Å²) < 4.78 is 5.04. The van der Waals surface area contributed by atoms with Crippen molar-refractivity contribution in [3.8, 4) is 11.5 Å². The normalized spacial score (nSPS) is 10.1. The first-order valence-corrected chi connectivity index (χ1v) is 5.83. The first-order valence-electron chi connectivity index (χ1n) is 5.83. The lowest BCUT2D eigenvalue weighted by Gasteiger charge is -2.10. The number of phenols is 1. The number of aromatic hydroxyl groups is 1. The number of carboxylic acid groups (broad SMARTS) is 1. The molecule has 0 fully saturated rings. The Hall–Kier alpha value is -3.22. The van der Waals surface area contributed by atoms with Gasteiger partial charge in [-0.25, -0.2) is 9.59 Å². The minimum absolute atomic E-state index is 0.0462. The van der Waals surface area contributed by atoms with Crippen molar-refractivity contribution >= 4 is 23.3 Å². The Kier molecular flexibility index (Phi) is 3.66. The molecule has 0 aromatic heterocycles. The molecule has 6 N–H and O–H groups in total. The van der Waals surface area contributed by atoms with Gasteiger partial charge in [0.05, 0.1) is 22.5 Å². The SMILES string of the molecule is Nc1c(O)cccc1C(=O)Oc1cccc(C(=O)O)c1N. The lowest BCUT2D eigenvalue weighted by molar-refractivity contribution is 0.0689. The molecule has 0 radical (unpaired) electrons. The van der Waals surface area contributed by atoms with Crippen molar-refractivity contribution in [2.45, 2.75) is 0 Å². The van der Waals surface area contributed by atoms with Crippen LogP contribution in [-0.2, 0) is 0 Å². The van der Waals surface area contributed by atoms with Gasteiger partial charge in [-0.1, -0.05) is 12.1 Å². The second-order valence-electron chi connectivity index (χ2n) is 4.15. The van der Waals surface area contributed by atoms with Gasteiger partial charge in [-0.05, 0) is 24.3 Å². The Balaban J connectivity index is 2.34. The number of ether oxygens (including phenoxy) is 1. The zero-order valence-electron chi connectivity index (χ0n) is 10.7. The molecule has 2 aromatic carbocycles. The number of hydrogen-bond acceptors (Lipinski definition) is 6. The van der Waals surface area contributed by atoms with Crippen LogP contribution in [0, 0.1) is 0 Å². The molecule has 0 aliphatic heterocycles. The fourth-order valence-corrected chi connectivity index (χ4v) is 1.71. The van der Waals surface area contributed by atoms with E-state index in [-0.39, 0.29) is 34.0 Å². The van der Waals surface area contributed by atoms with Gasteiger partial charge in [-0.15, -0.1) is 0 Å². The molecule has 0 heterocycles. The second kappa shape index (κ2) is 5.41. The summed E-state index contributed by atoms with van der Waals surface area (Å²) in [5.74, 6) is -2.43. The monoisotopic (exact) mass is 288 g/mol. The van der Waals surface area contributed by atoms with Crippen molar-refractivity contribution in [1.82, 2.24) is 0 Å². The maximum absolute atomic E-state index is 12.0. The Morgan fingerprint density at radius 2 is 1.57 bits per heavy atom. The Labute approximate surface area is 119 Å². The summed E-state index contributed by atoms with van der Waals surface area (Å²) in [6.45, 7) is 0. The highest BCUT2D eigenvalue weighted by Gasteiger charge is 2.18. The van der Waals surface area contributed by atoms with Gasteiger partial charge in [-0.3, -0.25) is 0 Å². The van der Waals surface area contributed by atoms with Crippen molar-refractivity contribution in [2.75, 3.05) is 11.5 Å². The van der Waals surface area contributed by atoms with E-state index in [9.17, 15) is 14.7 Å². The van der Waals surface area contributed by atoms with Crippen LogP contribution in [0.1, 0.15) is 20.7 Å². The van der Waals surface area contributed by atoms with E-state index in [1.165, 1.54) is 36.4 Å². The molecule has 0 aliphatic rings. The fraction of sp³-hybridized carbons (Fsp3) is 0. The molecule has 0 bridgehead atoms. The summed E-state index contributed by atoms with van der Waals surface area (Å²) in [4.78, 5) is 23.0. The average Bonchev–Trinajstić information content (AvgIpc) is 2.43. The smallest absolute Gasteiger partial charge is 0.345 e. The lowest BCUT2D eigenvalue weighted by Crippen LogP contribution is -2.13. The number of para-hydroxylation sites is 2. The number of nitrogen functional groups attached to an aromatic ring is 2. The Morgan fingerprint density at radius 3 is 2.24 bits per heavy atom. The van der Waals surface area contributed by atoms with Crippen LogP contribution < -0.4 is 16.2 Å². The van der Waals surface area contributed by atoms with Crippen molar-refractivity contribution < 1.29 is 24.5 Å². The summed E-state index contributed by atoms with van der Waals surface area (Å²) in [5, 5.41) is 18.4. The molecule has 0 spiro atoms. The number of esters is 1. The van der Waals surface area contributed by atoms with E-state index in [0.29, 0.717) is 0 Å². The van der Waals surface area contributed by atoms with Gasteiger partial charge in [0.2, 0.25) is 0 Å². The third-order valence-electron chi connectivity index (χ3n) is 2.80. The maximum Gasteiger partial charge on any atom is 0.345 e. The van der Waals surface area contributed by atoms with Crippen LogP contribution in [0.15, 0.2) is 36.4 Å². The fourth-order valence-electron chi connectivity index (χ4n) is 1.71. The van der Waals surface area contributed by atoms with Crippen molar-refractivity contribution in [1.29, 1.82) is 0 Å². The molecule has 0 aliphatic carbocycles. The standard InChI is InChI=1S/C14H12N2O5/c15-11-8(4-1-5-9(11)17)14(20)21-10-6-2-3-7(12(10)16)13(18)19/h1-6,17H,15-16H2,(H,18,19). The molecule has 0 saturated heterocycles. The van der Waals surface area contributed by atoms with Crippen LogP contribution in [0.4, 0.5) is 11.4 Å². The molecule has 2 aromatic rings. The number of hydrogen-bond donors (Lipinski definition) is 4. The summed E-state index contributed by atoms with van der Waals surface area (Å²) in [6, 6.07) is 8.17. The van der Waals surface area contributed by atoms with E-state index in [1.54, 1.807) is 0 Å². The molecule has 7 heteroatoms. The summed E-state index contributed by atoms with van der Waals surface area (Å²) in [5.41, 5.74) is 10.7. The van der Waals surface area contributed by atoms with Crippen molar-refractivity contribution in [3.63, 3.8) is 0 Å². The molecule has 21 heavy (non-hydrogen) atoms. The molecular formula is C14H12N2O5. The van der Waals surface area contributed by atoms with E-state index < -0.39 is 11.9 Å². The van der Waals surface area contributed by atoms with Crippen molar-refractivity contribution in [2.24, 2.45) is 0 Å². The minimum atomic E-state index is -1.23. The molecule has 0 saturated carbocycles. The van der Waals surface area contributed by atoms with Crippen LogP contribution in [0.5, 0.6) is 11.5 Å². The number of nitrogens with two attached hydrogens (primary N) is 2. The predicted octanol–water partition coefficient (Wildman–Crippen LogP) is 1.47. The van der Waals surface area contributed by atoms with E-state index >= 15 is 0 Å². The number of benzene rings is 2. The molecule has 7 nitrogen and oxygen atoms in total. The van der Waals surface area contributed by atoms with Gasteiger partial charge in [0.1, 0.15) is 5.75 Å². The molecular weight excluding hydrogens is 276 g/mol. The summed E-state index contributed by atoms with van der Waals surface area (Å²) >= 11 is 0. The minimum Gasteiger partial charge on any atom is -0.506 e. The zero-order valence-corrected chi connectivity index (χ0v) is 10.7. The van der Waals surface area contributed by atoms with Gasteiger partial charge in [0, 0.05) is 0 Å². The topological polar surface area (TPSA) is 136 Å². The highest BCUT2D eigenvalue weighted by molar-refractivity contribution is 6.00. The van der Waals surface area contributed by atoms with Gasteiger partial charge in [-0.2, -0.15) is 0 Å². The Morgan fingerprint density at radius 1 is 0.952 bits per heavy atom. The van der Waals surface area contributed by atoms with E-state index in [4.69, 9.17) is 21.3 Å².